The monoisotopic (exact) mass is 414 g/mol. The summed E-state index contributed by atoms with van der Waals surface area (Å²) in [6, 6.07) is 5.75. The summed E-state index contributed by atoms with van der Waals surface area (Å²) in [5, 5.41) is 2.99. The van der Waals surface area contributed by atoms with Gasteiger partial charge in [-0.1, -0.05) is 6.92 Å². The van der Waals surface area contributed by atoms with Crippen LogP contribution in [0.15, 0.2) is 29.2 Å². The van der Waals surface area contributed by atoms with E-state index in [4.69, 9.17) is 0 Å². The number of alkyl halides is 2. The second kappa shape index (κ2) is 7.88. The molecule has 3 saturated heterocycles. The first kappa shape index (κ1) is 20.0. The molecule has 8 heteroatoms. The molecule has 0 amide bonds. The van der Waals surface area contributed by atoms with Crippen molar-refractivity contribution in [1.29, 1.82) is 0 Å². The zero-order valence-corrected chi connectivity index (χ0v) is 16.9. The number of fused-ring (bicyclic) bond motifs is 2. The molecule has 1 aromatic carbocycles. The Morgan fingerprint density at radius 1 is 1.11 bits per heavy atom. The van der Waals surface area contributed by atoms with E-state index < -0.39 is 21.7 Å². The van der Waals surface area contributed by atoms with Crippen LogP contribution in [0.25, 0.3) is 0 Å². The third-order valence-electron chi connectivity index (χ3n) is 6.60. The first-order chi connectivity index (χ1) is 13.3. The maximum atomic E-state index is 13.6. The molecular weight excluding hydrogens is 386 g/mol. The fourth-order valence-corrected chi connectivity index (χ4v) is 7.27. The molecule has 4 unspecified atom stereocenters. The summed E-state index contributed by atoms with van der Waals surface area (Å²) in [5.74, 6) is 0.658. The Hall–Kier alpha value is -1.25. The van der Waals surface area contributed by atoms with Gasteiger partial charge in [0.2, 0.25) is 0 Å². The van der Waals surface area contributed by atoms with Crippen molar-refractivity contribution in [3.8, 4) is 5.75 Å². The highest BCUT2D eigenvalue weighted by molar-refractivity contribution is 7.92. The number of piperidine rings is 2. The molecular formula is C20H28F2N2O3S. The van der Waals surface area contributed by atoms with E-state index in [9.17, 15) is 17.2 Å². The molecule has 4 atom stereocenters. The number of rotatable bonds is 5. The van der Waals surface area contributed by atoms with Crippen LogP contribution in [0.5, 0.6) is 5.75 Å². The number of nitrogens with one attached hydrogen (secondary N) is 1. The van der Waals surface area contributed by atoms with Crippen LogP contribution >= 0.6 is 0 Å². The van der Waals surface area contributed by atoms with Gasteiger partial charge in [-0.2, -0.15) is 8.78 Å². The molecule has 0 aromatic heterocycles. The number of benzene rings is 1. The van der Waals surface area contributed by atoms with Gasteiger partial charge in [0.1, 0.15) is 5.75 Å². The summed E-state index contributed by atoms with van der Waals surface area (Å²) >= 11 is 0. The first-order valence-corrected chi connectivity index (χ1v) is 11.7. The van der Waals surface area contributed by atoms with E-state index in [0.717, 1.165) is 45.2 Å². The SMILES string of the molecule is CC1CCN(C2CC3CCC(N3)C2S(=O)(=O)c2ccc(OC(F)F)cc2)CC1. The molecule has 28 heavy (non-hydrogen) atoms. The highest BCUT2D eigenvalue weighted by Crippen LogP contribution is 2.38. The second-order valence-corrected chi connectivity index (χ2v) is 10.5. The van der Waals surface area contributed by atoms with Crippen molar-refractivity contribution >= 4 is 9.84 Å². The molecule has 3 heterocycles. The number of hydrogen-bond acceptors (Lipinski definition) is 5. The molecule has 3 aliphatic rings. The van der Waals surface area contributed by atoms with Crippen LogP contribution in [-0.4, -0.2) is 56.4 Å². The van der Waals surface area contributed by atoms with Crippen LogP contribution in [0.2, 0.25) is 0 Å². The standard InChI is InChI=1S/C20H28F2N2O3S/c1-13-8-10-24(11-9-13)18-12-14-2-7-17(23-14)19(18)28(25,26)16-5-3-15(4-6-16)27-20(21)22/h3-6,13-14,17-20,23H,2,7-12H2,1H3. The second-order valence-electron chi connectivity index (χ2n) is 8.43. The Morgan fingerprint density at radius 2 is 1.79 bits per heavy atom. The first-order valence-electron chi connectivity index (χ1n) is 10.1. The van der Waals surface area contributed by atoms with Gasteiger partial charge in [0.25, 0.3) is 0 Å². The normalized spacial score (nSPS) is 32.0. The van der Waals surface area contributed by atoms with Crippen molar-refractivity contribution in [2.24, 2.45) is 5.92 Å². The van der Waals surface area contributed by atoms with E-state index in [0.29, 0.717) is 12.0 Å². The predicted octanol–water partition coefficient (Wildman–Crippen LogP) is 3.06. The third-order valence-corrected chi connectivity index (χ3v) is 8.89. The fourth-order valence-electron chi connectivity index (χ4n) is 5.10. The molecule has 3 fully saturated rings. The molecule has 4 rings (SSSR count). The van der Waals surface area contributed by atoms with Crippen molar-refractivity contribution in [3.05, 3.63) is 24.3 Å². The van der Waals surface area contributed by atoms with Gasteiger partial charge in [-0.25, -0.2) is 8.42 Å². The lowest BCUT2D eigenvalue weighted by Crippen LogP contribution is -2.61. The summed E-state index contributed by atoms with van der Waals surface area (Å²) in [6.45, 7) is 1.21. The fraction of sp³-hybridized carbons (Fsp3) is 0.700. The predicted molar refractivity (Wildman–Crippen MR) is 102 cm³/mol. The summed E-state index contributed by atoms with van der Waals surface area (Å²) < 4.78 is 56.3. The largest absolute Gasteiger partial charge is 0.435 e. The lowest BCUT2D eigenvalue weighted by atomic mass is 9.92. The number of likely N-dealkylation sites (tertiary alicyclic amines) is 1. The van der Waals surface area contributed by atoms with Gasteiger partial charge < -0.3 is 10.1 Å². The van der Waals surface area contributed by atoms with Crippen LogP contribution in [0.3, 0.4) is 0 Å². The van der Waals surface area contributed by atoms with Crippen LogP contribution in [0, 0.1) is 5.92 Å². The summed E-state index contributed by atoms with van der Waals surface area (Å²) in [4.78, 5) is 2.56. The molecule has 1 N–H and O–H groups in total. The van der Waals surface area contributed by atoms with E-state index in [1.165, 1.54) is 24.3 Å². The molecule has 156 valence electrons. The zero-order chi connectivity index (χ0) is 19.9. The molecule has 0 saturated carbocycles. The van der Waals surface area contributed by atoms with Crippen LogP contribution < -0.4 is 10.1 Å². The van der Waals surface area contributed by atoms with Crippen molar-refractivity contribution in [2.45, 2.75) is 73.9 Å². The summed E-state index contributed by atoms with van der Waals surface area (Å²) in [6.07, 6.45) is 4.93. The zero-order valence-electron chi connectivity index (χ0n) is 16.1. The van der Waals surface area contributed by atoms with Gasteiger partial charge in [0.15, 0.2) is 9.84 Å². The van der Waals surface area contributed by atoms with Gasteiger partial charge in [0, 0.05) is 18.1 Å². The van der Waals surface area contributed by atoms with Crippen LogP contribution in [0.1, 0.15) is 39.0 Å². The third kappa shape index (κ3) is 3.91. The van der Waals surface area contributed by atoms with Crippen molar-refractivity contribution in [1.82, 2.24) is 10.2 Å². The topological polar surface area (TPSA) is 58.6 Å². The van der Waals surface area contributed by atoms with Crippen molar-refractivity contribution < 1.29 is 21.9 Å². The van der Waals surface area contributed by atoms with Gasteiger partial charge in [0.05, 0.1) is 10.1 Å². The Kier molecular flexibility index (Phi) is 5.64. The number of halogens is 2. The highest BCUT2D eigenvalue weighted by Gasteiger charge is 2.50. The maximum absolute atomic E-state index is 13.6. The smallest absolute Gasteiger partial charge is 0.387 e. The van der Waals surface area contributed by atoms with Crippen molar-refractivity contribution in [3.63, 3.8) is 0 Å². The average Bonchev–Trinajstić information content (AvgIpc) is 3.02. The Labute approximate surface area is 165 Å². The maximum Gasteiger partial charge on any atom is 0.387 e. The van der Waals surface area contributed by atoms with E-state index in [-0.39, 0.29) is 22.7 Å². The van der Waals surface area contributed by atoms with E-state index in [1.54, 1.807) is 0 Å². The molecule has 0 spiro atoms. The van der Waals surface area contributed by atoms with Gasteiger partial charge in [-0.05, 0) is 75.4 Å². The van der Waals surface area contributed by atoms with Crippen LogP contribution in [-0.2, 0) is 9.84 Å². The summed E-state index contributed by atoms with van der Waals surface area (Å²) in [7, 11) is -3.60. The number of sulfone groups is 1. The minimum Gasteiger partial charge on any atom is -0.435 e. The number of hydrogen-bond donors (Lipinski definition) is 1. The van der Waals surface area contributed by atoms with Gasteiger partial charge >= 0.3 is 6.61 Å². The highest BCUT2D eigenvalue weighted by atomic mass is 32.2. The molecule has 0 radical (unpaired) electrons. The molecule has 0 aliphatic carbocycles. The minimum absolute atomic E-state index is 0.00763. The van der Waals surface area contributed by atoms with Crippen LogP contribution in [0.4, 0.5) is 8.78 Å². The lowest BCUT2D eigenvalue weighted by molar-refractivity contribution is -0.0498. The lowest BCUT2D eigenvalue weighted by Gasteiger charge is -2.45. The average molecular weight is 415 g/mol. The van der Waals surface area contributed by atoms with Crippen molar-refractivity contribution in [2.75, 3.05) is 13.1 Å². The van der Waals surface area contributed by atoms with E-state index >= 15 is 0 Å². The molecule has 2 bridgehead atoms. The Balaban J connectivity index is 1.61. The van der Waals surface area contributed by atoms with Gasteiger partial charge in [-0.3, -0.25) is 4.90 Å². The minimum atomic E-state index is -3.60. The van der Waals surface area contributed by atoms with E-state index in [1.807, 2.05) is 0 Å². The number of ether oxygens (including phenoxy) is 1. The summed E-state index contributed by atoms with van der Waals surface area (Å²) in [5.41, 5.74) is 0. The van der Waals surface area contributed by atoms with E-state index in [2.05, 4.69) is 21.9 Å². The Morgan fingerprint density at radius 3 is 2.43 bits per heavy atom. The Bertz CT molecular complexity index is 779. The molecule has 3 aliphatic heterocycles. The van der Waals surface area contributed by atoms with Gasteiger partial charge in [-0.15, -0.1) is 0 Å². The molecule has 1 aromatic rings. The quantitative estimate of drug-likeness (QED) is 0.803. The number of nitrogens with zero attached hydrogens (tertiary/aromatic N) is 1. The molecule has 5 nitrogen and oxygen atoms in total.